The maximum absolute atomic E-state index is 12.8. The zero-order chi connectivity index (χ0) is 18.0. The average Bonchev–Trinajstić information content (AvgIpc) is 3.02. The molecule has 3 heterocycles. The number of hydrogen-bond acceptors (Lipinski definition) is 5. The molecule has 1 aliphatic heterocycles. The van der Waals surface area contributed by atoms with Crippen molar-refractivity contribution >= 4 is 33.1 Å². The molecule has 0 spiro atoms. The van der Waals surface area contributed by atoms with Crippen molar-refractivity contribution in [2.24, 2.45) is 5.92 Å². The highest BCUT2D eigenvalue weighted by Gasteiger charge is 2.34. The molecule has 1 N–H and O–H groups in total. The SMILES string of the molecule is Cc1cccc(NC(=O)C2CCCN(S(=O)(=O)c3ccc(C)s3)C2)n1. The monoisotopic (exact) mass is 379 g/mol. The van der Waals surface area contributed by atoms with Crippen LogP contribution < -0.4 is 5.32 Å². The largest absolute Gasteiger partial charge is 0.310 e. The summed E-state index contributed by atoms with van der Waals surface area (Å²) in [4.78, 5) is 17.7. The summed E-state index contributed by atoms with van der Waals surface area (Å²) >= 11 is 1.26. The summed E-state index contributed by atoms with van der Waals surface area (Å²) in [5.41, 5.74) is 0.818. The number of nitrogens with one attached hydrogen (secondary N) is 1. The van der Waals surface area contributed by atoms with E-state index in [0.29, 0.717) is 29.4 Å². The number of aryl methyl sites for hydroxylation is 2. The number of pyridine rings is 1. The van der Waals surface area contributed by atoms with E-state index >= 15 is 0 Å². The molecule has 1 unspecified atom stereocenters. The summed E-state index contributed by atoms with van der Waals surface area (Å²) in [6.45, 7) is 4.39. The number of aromatic nitrogens is 1. The van der Waals surface area contributed by atoms with Gasteiger partial charge in [-0.2, -0.15) is 4.31 Å². The van der Waals surface area contributed by atoms with Gasteiger partial charge in [-0.05, 0) is 51.0 Å². The van der Waals surface area contributed by atoms with Crippen LogP contribution in [0.2, 0.25) is 0 Å². The van der Waals surface area contributed by atoms with Crippen LogP contribution in [0.1, 0.15) is 23.4 Å². The molecule has 0 aromatic carbocycles. The van der Waals surface area contributed by atoms with Crippen molar-refractivity contribution in [3.8, 4) is 0 Å². The van der Waals surface area contributed by atoms with Gasteiger partial charge >= 0.3 is 0 Å². The number of nitrogens with zero attached hydrogens (tertiary/aromatic N) is 2. The van der Waals surface area contributed by atoms with Crippen molar-refractivity contribution in [2.75, 3.05) is 18.4 Å². The van der Waals surface area contributed by atoms with Gasteiger partial charge in [0.15, 0.2) is 0 Å². The average molecular weight is 380 g/mol. The lowest BCUT2D eigenvalue weighted by molar-refractivity contribution is -0.120. The Labute approximate surface area is 151 Å². The van der Waals surface area contributed by atoms with E-state index in [2.05, 4.69) is 10.3 Å². The van der Waals surface area contributed by atoms with Crippen molar-refractivity contribution in [3.63, 3.8) is 0 Å². The van der Waals surface area contributed by atoms with Gasteiger partial charge in [0, 0.05) is 23.7 Å². The van der Waals surface area contributed by atoms with E-state index in [4.69, 9.17) is 0 Å². The molecule has 1 fully saturated rings. The molecule has 2 aromatic heterocycles. The van der Waals surface area contributed by atoms with Crippen LogP contribution in [0.5, 0.6) is 0 Å². The smallest absolute Gasteiger partial charge is 0.252 e. The van der Waals surface area contributed by atoms with Gasteiger partial charge in [-0.25, -0.2) is 13.4 Å². The van der Waals surface area contributed by atoms with E-state index in [1.54, 1.807) is 18.2 Å². The third-order valence-corrected chi connectivity index (χ3v) is 7.54. The molecule has 0 aliphatic carbocycles. The predicted molar refractivity (Wildman–Crippen MR) is 98.1 cm³/mol. The first-order chi connectivity index (χ1) is 11.9. The Morgan fingerprint density at radius 2 is 2.08 bits per heavy atom. The first kappa shape index (κ1) is 18.0. The molecule has 6 nitrogen and oxygen atoms in total. The highest BCUT2D eigenvalue weighted by molar-refractivity contribution is 7.91. The molecule has 0 saturated carbocycles. The number of amides is 1. The van der Waals surface area contributed by atoms with Gasteiger partial charge in [-0.15, -0.1) is 11.3 Å². The third-order valence-electron chi connectivity index (χ3n) is 4.20. The molecule has 2 aromatic rings. The summed E-state index contributed by atoms with van der Waals surface area (Å²) in [6, 6.07) is 8.85. The topological polar surface area (TPSA) is 79.4 Å². The highest BCUT2D eigenvalue weighted by Crippen LogP contribution is 2.28. The Balaban J connectivity index is 1.71. The quantitative estimate of drug-likeness (QED) is 0.886. The van der Waals surface area contributed by atoms with Crippen LogP contribution in [0.15, 0.2) is 34.5 Å². The Bertz CT molecular complexity index is 877. The highest BCUT2D eigenvalue weighted by atomic mass is 32.2. The van der Waals surface area contributed by atoms with Gasteiger partial charge in [-0.3, -0.25) is 4.79 Å². The van der Waals surface area contributed by atoms with Crippen LogP contribution in [0, 0.1) is 19.8 Å². The number of piperidine rings is 1. The van der Waals surface area contributed by atoms with Gasteiger partial charge in [0.05, 0.1) is 5.92 Å². The van der Waals surface area contributed by atoms with Crippen LogP contribution in [-0.2, 0) is 14.8 Å². The van der Waals surface area contributed by atoms with Crippen LogP contribution in [-0.4, -0.2) is 36.7 Å². The van der Waals surface area contributed by atoms with Crippen molar-refractivity contribution < 1.29 is 13.2 Å². The van der Waals surface area contributed by atoms with E-state index in [9.17, 15) is 13.2 Å². The van der Waals surface area contributed by atoms with E-state index in [1.165, 1.54) is 15.6 Å². The maximum Gasteiger partial charge on any atom is 0.252 e. The minimum Gasteiger partial charge on any atom is -0.310 e. The molecular weight excluding hydrogens is 358 g/mol. The Morgan fingerprint density at radius 3 is 2.76 bits per heavy atom. The second-order valence-electron chi connectivity index (χ2n) is 6.22. The van der Waals surface area contributed by atoms with Crippen LogP contribution in [0.25, 0.3) is 0 Å². The zero-order valence-corrected chi connectivity index (χ0v) is 15.9. The molecule has 134 valence electrons. The number of sulfonamides is 1. The molecule has 3 rings (SSSR count). The summed E-state index contributed by atoms with van der Waals surface area (Å²) in [7, 11) is -3.53. The Morgan fingerprint density at radius 1 is 1.28 bits per heavy atom. The lowest BCUT2D eigenvalue weighted by atomic mass is 9.99. The van der Waals surface area contributed by atoms with E-state index < -0.39 is 10.0 Å². The summed E-state index contributed by atoms with van der Waals surface area (Å²) in [5.74, 6) is -0.0499. The molecule has 1 saturated heterocycles. The van der Waals surface area contributed by atoms with Crippen molar-refractivity contribution in [1.29, 1.82) is 0 Å². The molecule has 8 heteroatoms. The molecule has 0 bridgehead atoms. The fourth-order valence-electron chi connectivity index (χ4n) is 2.89. The number of rotatable bonds is 4. The summed E-state index contributed by atoms with van der Waals surface area (Å²) in [6.07, 6.45) is 1.34. The van der Waals surface area contributed by atoms with Crippen molar-refractivity contribution in [3.05, 3.63) is 40.9 Å². The first-order valence-corrected chi connectivity index (χ1v) is 10.4. The standard InChI is InChI=1S/C17H21N3O3S2/c1-12-5-3-7-15(18-12)19-17(21)14-6-4-10-20(11-14)25(22,23)16-9-8-13(2)24-16/h3,5,7-9,14H,4,6,10-11H2,1-2H3,(H,18,19,21). The van der Waals surface area contributed by atoms with Crippen LogP contribution in [0.4, 0.5) is 5.82 Å². The van der Waals surface area contributed by atoms with Gasteiger partial charge in [0.1, 0.15) is 10.0 Å². The van der Waals surface area contributed by atoms with E-state index in [-0.39, 0.29) is 18.4 Å². The maximum atomic E-state index is 12.8. The van der Waals surface area contributed by atoms with Crippen molar-refractivity contribution in [1.82, 2.24) is 9.29 Å². The molecule has 0 radical (unpaired) electrons. The summed E-state index contributed by atoms with van der Waals surface area (Å²) < 4.78 is 27.3. The van der Waals surface area contributed by atoms with Crippen LogP contribution in [0.3, 0.4) is 0 Å². The van der Waals surface area contributed by atoms with E-state index in [0.717, 1.165) is 10.6 Å². The second-order valence-corrected chi connectivity index (χ2v) is 9.67. The molecular formula is C17H21N3O3S2. The van der Waals surface area contributed by atoms with Gasteiger partial charge in [0.2, 0.25) is 5.91 Å². The number of hydrogen-bond donors (Lipinski definition) is 1. The van der Waals surface area contributed by atoms with Gasteiger partial charge in [-0.1, -0.05) is 6.07 Å². The Hall–Kier alpha value is -1.77. The molecule has 1 atom stereocenters. The second kappa shape index (κ2) is 7.23. The van der Waals surface area contributed by atoms with Gasteiger partial charge < -0.3 is 5.32 Å². The normalized spacial score (nSPS) is 18.9. The molecule has 1 amide bonds. The zero-order valence-electron chi connectivity index (χ0n) is 14.2. The van der Waals surface area contributed by atoms with Gasteiger partial charge in [0.25, 0.3) is 10.0 Å². The lowest BCUT2D eigenvalue weighted by Gasteiger charge is -2.30. The fraction of sp³-hybridized carbons (Fsp3) is 0.412. The first-order valence-electron chi connectivity index (χ1n) is 8.17. The molecule has 1 aliphatic rings. The molecule has 25 heavy (non-hydrogen) atoms. The Kier molecular flexibility index (Phi) is 5.21. The lowest BCUT2D eigenvalue weighted by Crippen LogP contribution is -2.43. The number of carbonyl (C=O) groups is 1. The summed E-state index contributed by atoms with van der Waals surface area (Å²) in [5, 5.41) is 2.80. The number of thiophene rings is 1. The predicted octanol–water partition coefficient (Wildman–Crippen LogP) is 2.80. The minimum atomic E-state index is -3.53. The minimum absolute atomic E-state index is 0.180. The number of anilines is 1. The van der Waals surface area contributed by atoms with E-state index in [1.807, 2.05) is 26.0 Å². The number of carbonyl (C=O) groups excluding carboxylic acids is 1. The fourth-order valence-corrected chi connectivity index (χ4v) is 5.86. The third kappa shape index (κ3) is 4.08. The van der Waals surface area contributed by atoms with Crippen molar-refractivity contribution in [2.45, 2.75) is 30.9 Å². The van der Waals surface area contributed by atoms with Crippen LogP contribution >= 0.6 is 11.3 Å².